The third kappa shape index (κ3) is 7.52. The van der Waals surface area contributed by atoms with Gasteiger partial charge in [0, 0.05) is 11.4 Å². The van der Waals surface area contributed by atoms with Crippen LogP contribution in [0.2, 0.25) is 23.2 Å². The molecule has 3 atom stereocenters. The lowest BCUT2D eigenvalue weighted by atomic mass is 9.76. The second kappa shape index (κ2) is 9.99. The van der Waals surface area contributed by atoms with Gasteiger partial charge in [0.2, 0.25) is 0 Å². The molecule has 2 rings (SSSR count). The maximum atomic E-state index is 11.1. The van der Waals surface area contributed by atoms with E-state index in [0.29, 0.717) is 12.8 Å². The molecule has 1 fully saturated rings. The highest BCUT2D eigenvalue weighted by atomic mass is 35.5. The fourth-order valence-corrected chi connectivity index (χ4v) is 5.23. The summed E-state index contributed by atoms with van der Waals surface area (Å²) in [5.74, 6) is -0.775. The molecular formula is C24H37ClO4Si. The van der Waals surface area contributed by atoms with Gasteiger partial charge < -0.3 is 14.6 Å². The average Bonchev–Trinajstić information content (AvgIpc) is 2.59. The monoisotopic (exact) mass is 452 g/mol. The van der Waals surface area contributed by atoms with Crippen LogP contribution >= 0.6 is 11.6 Å². The fourth-order valence-electron chi connectivity index (χ4n) is 3.83. The average molecular weight is 453 g/mol. The Morgan fingerprint density at radius 1 is 1.33 bits per heavy atom. The highest BCUT2D eigenvalue weighted by Gasteiger charge is 2.39. The number of aliphatic hydroxyl groups is 1. The molecule has 0 aliphatic heterocycles. The molecule has 1 aliphatic carbocycles. The van der Waals surface area contributed by atoms with Gasteiger partial charge in [0.1, 0.15) is 0 Å². The van der Waals surface area contributed by atoms with Crippen LogP contribution < -0.4 is 0 Å². The first-order valence-corrected chi connectivity index (χ1v) is 14.1. The van der Waals surface area contributed by atoms with Crippen LogP contribution in [0, 0.1) is 5.92 Å². The summed E-state index contributed by atoms with van der Waals surface area (Å²) >= 11 is 6.04. The van der Waals surface area contributed by atoms with Gasteiger partial charge in [-0.3, -0.25) is 4.79 Å². The number of carboxylic acids is 1. The van der Waals surface area contributed by atoms with E-state index in [9.17, 15) is 9.90 Å². The Bertz CT molecular complexity index is 739. The van der Waals surface area contributed by atoms with Crippen molar-refractivity contribution >= 4 is 25.9 Å². The van der Waals surface area contributed by atoms with Crippen molar-refractivity contribution < 1.29 is 19.4 Å². The minimum Gasteiger partial charge on any atom is -0.481 e. The molecule has 0 heterocycles. The number of allylic oxidation sites excluding steroid dienone is 1. The maximum absolute atomic E-state index is 11.1. The van der Waals surface area contributed by atoms with Crippen LogP contribution in [0.1, 0.15) is 58.4 Å². The third-order valence-corrected chi connectivity index (χ3v) is 11.3. The second-order valence-corrected chi connectivity index (χ2v) is 15.5. The van der Waals surface area contributed by atoms with Gasteiger partial charge in [0.15, 0.2) is 8.32 Å². The van der Waals surface area contributed by atoms with E-state index in [0.717, 1.165) is 24.3 Å². The van der Waals surface area contributed by atoms with Crippen molar-refractivity contribution in [3.8, 4) is 0 Å². The molecule has 1 aromatic carbocycles. The Morgan fingerprint density at radius 2 is 1.97 bits per heavy atom. The van der Waals surface area contributed by atoms with Crippen molar-refractivity contribution in [1.82, 2.24) is 0 Å². The van der Waals surface area contributed by atoms with Gasteiger partial charge in [-0.2, -0.15) is 0 Å². The normalized spacial score (nSPS) is 24.2. The van der Waals surface area contributed by atoms with E-state index in [2.05, 4.69) is 46.0 Å². The zero-order valence-corrected chi connectivity index (χ0v) is 20.7. The molecule has 0 aromatic heterocycles. The van der Waals surface area contributed by atoms with E-state index >= 15 is 0 Å². The molecule has 0 saturated heterocycles. The van der Waals surface area contributed by atoms with Crippen molar-refractivity contribution in [3.05, 3.63) is 47.0 Å². The lowest BCUT2D eigenvalue weighted by Gasteiger charge is -2.39. The summed E-state index contributed by atoms with van der Waals surface area (Å²) < 4.78 is 6.71. The molecule has 0 amide bonds. The van der Waals surface area contributed by atoms with Crippen LogP contribution in [0.25, 0.3) is 0 Å². The van der Waals surface area contributed by atoms with Crippen molar-refractivity contribution in [2.45, 2.75) is 89.1 Å². The molecule has 0 radical (unpaired) electrons. The Kier molecular flexibility index (Phi) is 8.36. The van der Waals surface area contributed by atoms with E-state index in [1.165, 1.54) is 5.56 Å². The minimum absolute atomic E-state index is 0.0680. The van der Waals surface area contributed by atoms with Crippen LogP contribution in [-0.4, -0.2) is 36.2 Å². The molecule has 0 bridgehead atoms. The molecule has 1 aliphatic rings. The zero-order valence-electron chi connectivity index (χ0n) is 19.0. The molecule has 3 unspecified atom stereocenters. The second-order valence-electron chi connectivity index (χ2n) is 10.3. The number of benzene rings is 1. The third-order valence-electron chi connectivity index (χ3n) is 6.54. The predicted molar refractivity (Wildman–Crippen MR) is 126 cm³/mol. The highest BCUT2D eigenvalue weighted by molar-refractivity contribution is 6.74. The van der Waals surface area contributed by atoms with Gasteiger partial charge in [-0.15, -0.1) is 0 Å². The lowest BCUT2D eigenvalue weighted by Crippen LogP contribution is -2.44. The Labute approximate surface area is 187 Å². The molecular weight excluding hydrogens is 416 g/mol. The molecule has 6 heteroatoms. The van der Waals surface area contributed by atoms with Crippen molar-refractivity contribution in [2.75, 3.05) is 0 Å². The van der Waals surface area contributed by atoms with Gasteiger partial charge in [0.05, 0.1) is 18.1 Å². The number of rotatable bonds is 8. The van der Waals surface area contributed by atoms with Crippen molar-refractivity contribution in [2.24, 2.45) is 5.92 Å². The minimum atomic E-state index is -1.97. The number of halogens is 1. The molecule has 4 nitrogen and oxygen atoms in total. The summed E-state index contributed by atoms with van der Waals surface area (Å²) in [6.07, 6.45) is 7.61. The van der Waals surface area contributed by atoms with Gasteiger partial charge in [-0.25, -0.2) is 0 Å². The molecule has 1 aromatic rings. The van der Waals surface area contributed by atoms with E-state index in [4.69, 9.17) is 21.1 Å². The van der Waals surface area contributed by atoms with E-state index in [1.54, 1.807) is 0 Å². The van der Waals surface area contributed by atoms with Crippen molar-refractivity contribution in [3.63, 3.8) is 0 Å². The first-order valence-electron chi connectivity index (χ1n) is 10.8. The van der Waals surface area contributed by atoms with E-state index in [1.807, 2.05) is 24.3 Å². The first-order chi connectivity index (χ1) is 13.8. The SMILES string of the molecule is CC(C)(C)[Si](C)(C)OC(/C=C/C1CCCC(O)(CC(=O)O)C1)Cc1ccc(Cl)cc1. The Balaban J connectivity index is 2.16. The summed E-state index contributed by atoms with van der Waals surface area (Å²) in [7, 11) is -1.97. The summed E-state index contributed by atoms with van der Waals surface area (Å²) in [4.78, 5) is 11.1. The van der Waals surface area contributed by atoms with Crippen molar-refractivity contribution in [1.29, 1.82) is 0 Å². The smallest absolute Gasteiger partial charge is 0.306 e. The Hall–Kier alpha value is -1.14. The van der Waals surface area contributed by atoms with Gasteiger partial charge in [-0.1, -0.05) is 56.7 Å². The summed E-state index contributed by atoms with van der Waals surface area (Å²) in [5.41, 5.74) is 0.0594. The molecule has 1 saturated carbocycles. The fraction of sp³-hybridized carbons (Fsp3) is 0.625. The summed E-state index contributed by atoms with van der Waals surface area (Å²) in [5, 5.41) is 20.6. The first kappa shape index (κ1) is 25.1. The van der Waals surface area contributed by atoms with E-state index in [-0.39, 0.29) is 23.5 Å². The van der Waals surface area contributed by atoms with Gasteiger partial charge in [-0.05, 0) is 67.4 Å². The van der Waals surface area contributed by atoms with E-state index < -0.39 is 19.9 Å². The quantitative estimate of drug-likeness (QED) is 0.362. The van der Waals surface area contributed by atoms with Crippen LogP contribution in [0.15, 0.2) is 36.4 Å². The molecule has 2 N–H and O–H groups in total. The number of hydrogen-bond acceptors (Lipinski definition) is 3. The molecule has 0 spiro atoms. The zero-order chi connectivity index (χ0) is 22.6. The standard InChI is InChI=1S/C24H37ClO4Si/c1-23(2,3)30(4,5)29-21(15-18-8-11-20(25)12-9-18)13-10-19-7-6-14-24(28,16-19)17-22(26)27/h8-13,19,21,28H,6-7,14-17H2,1-5H3,(H,26,27)/b13-10+. The largest absolute Gasteiger partial charge is 0.481 e. The van der Waals surface area contributed by atoms with Crippen LogP contribution in [0.3, 0.4) is 0 Å². The van der Waals surface area contributed by atoms with Gasteiger partial charge >= 0.3 is 5.97 Å². The number of carbonyl (C=O) groups is 1. The summed E-state index contributed by atoms with van der Waals surface area (Å²) in [6.45, 7) is 11.2. The number of carboxylic acid groups (broad SMARTS) is 1. The molecule has 30 heavy (non-hydrogen) atoms. The number of aliphatic carboxylic acids is 1. The molecule has 168 valence electrons. The topological polar surface area (TPSA) is 66.8 Å². The highest BCUT2D eigenvalue weighted by Crippen LogP contribution is 2.39. The van der Waals surface area contributed by atoms with Crippen LogP contribution in [0.5, 0.6) is 0 Å². The van der Waals surface area contributed by atoms with Gasteiger partial charge in [0.25, 0.3) is 0 Å². The lowest BCUT2D eigenvalue weighted by molar-refractivity contribution is -0.144. The maximum Gasteiger partial charge on any atom is 0.306 e. The number of hydrogen-bond donors (Lipinski definition) is 2. The Morgan fingerprint density at radius 3 is 2.53 bits per heavy atom. The van der Waals surface area contributed by atoms with Crippen LogP contribution in [-0.2, 0) is 15.6 Å². The summed E-state index contributed by atoms with van der Waals surface area (Å²) in [6, 6.07) is 7.86. The predicted octanol–water partition coefficient (Wildman–Crippen LogP) is 6.23. The van der Waals surface area contributed by atoms with Crippen LogP contribution in [0.4, 0.5) is 0 Å².